The van der Waals surface area contributed by atoms with E-state index in [2.05, 4.69) is 10.3 Å². The summed E-state index contributed by atoms with van der Waals surface area (Å²) in [4.78, 5) is 28.4. The van der Waals surface area contributed by atoms with E-state index in [1.807, 2.05) is 0 Å². The molecule has 0 spiro atoms. The molecular weight excluding hydrogens is 308 g/mol. The highest BCUT2D eigenvalue weighted by molar-refractivity contribution is 6.04. The number of pyridine rings is 1. The van der Waals surface area contributed by atoms with Gasteiger partial charge in [-0.25, -0.2) is 9.78 Å². The minimum Gasteiger partial charge on any atom is -0.468 e. The zero-order valence-electron chi connectivity index (χ0n) is 14.0. The summed E-state index contributed by atoms with van der Waals surface area (Å²) in [5.41, 5.74) is 0.310. The Bertz CT molecular complexity index is 752. The molecule has 3 rings (SSSR count). The van der Waals surface area contributed by atoms with Crippen LogP contribution in [0.5, 0.6) is 0 Å². The zero-order chi connectivity index (χ0) is 17.3. The van der Waals surface area contributed by atoms with Crippen molar-refractivity contribution in [1.29, 1.82) is 0 Å². The van der Waals surface area contributed by atoms with Crippen molar-refractivity contribution >= 4 is 17.7 Å². The summed E-state index contributed by atoms with van der Waals surface area (Å²) in [7, 11) is 0. The molecule has 0 radical (unpaired) electrons. The maximum atomic E-state index is 12.3. The smallest absolute Gasteiger partial charge is 0.340 e. The number of aromatic nitrogens is 1. The molecule has 0 unspecified atom stereocenters. The molecule has 1 aliphatic carbocycles. The number of amides is 1. The summed E-state index contributed by atoms with van der Waals surface area (Å²) < 4.78 is 10.7. The van der Waals surface area contributed by atoms with Gasteiger partial charge in [-0.1, -0.05) is 0 Å². The third kappa shape index (κ3) is 3.82. The molecule has 0 saturated heterocycles. The Morgan fingerprint density at radius 1 is 1.25 bits per heavy atom. The van der Waals surface area contributed by atoms with E-state index < -0.39 is 11.6 Å². The predicted molar refractivity (Wildman–Crippen MR) is 88.0 cm³/mol. The van der Waals surface area contributed by atoms with Gasteiger partial charge in [0, 0.05) is 12.1 Å². The summed E-state index contributed by atoms with van der Waals surface area (Å²) in [6.07, 6.45) is 5.02. The van der Waals surface area contributed by atoms with Gasteiger partial charge in [-0.15, -0.1) is 0 Å². The second kappa shape index (κ2) is 6.11. The number of carbonyl (C=O) groups excluding carboxylic acids is 2. The third-order valence-corrected chi connectivity index (χ3v) is 3.53. The first-order valence-corrected chi connectivity index (χ1v) is 7.91. The molecule has 2 aromatic rings. The molecule has 0 bridgehead atoms. The highest BCUT2D eigenvalue weighted by Gasteiger charge is 2.31. The molecule has 0 atom stereocenters. The topological polar surface area (TPSA) is 81.4 Å². The van der Waals surface area contributed by atoms with Crippen molar-refractivity contribution in [3.63, 3.8) is 0 Å². The number of anilines is 1. The lowest BCUT2D eigenvalue weighted by Gasteiger charge is -2.19. The number of nitrogens with one attached hydrogen (secondary N) is 1. The zero-order valence-corrected chi connectivity index (χ0v) is 14.0. The van der Waals surface area contributed by atoms with E-state index in [0.717, 1.165) is 18.6 Å². The Hall–Kier alpha value is -2.63. The van der Waals surface area contributed by atoms with E-state index in [4.69, 9.17) is 9.15 Å². The van der Waals surface area contributed by atoms with Crippen molar-refractivity contribution in [1.82, 2.24) is 4.98 Å². The Morgan fingerprint density at radius 2 is 2.00 bits per heavy atom. The second-order valence-corrected chi connectivity index (χ2v) is 6.86. The average Bonchev–Trinajstić information content (AvgIpc) is 3.23. The fourth-order valence-corrected chi connectivity index (χ4v) is 2.28. The van der Waals surface area contributed by atoms with Crippen LogP contribution >= 0.6 is 0 Å². The van der Waals surface area contributed by atoms with Crippen molar-refractivity contribution in [2.75, 3.05) is 5.32 Å². The number of hydrogen-bond acceptors (Lipinski definition) is 5. The summed E-state index contributed by atoms with van der Waals surface area (Å²) in [6.45, 7) is 5.40. The van der Waals surface area contributed by atoms with Crippen LogP contribution in [0.4, 0.5) is 5.82 Å². The standard InChI is InChI=1S/C18H20N2O4/c1-18(2,3)24-17(22)12-6-7-14(19-10-12)20-16(21)13-8-9-23-15(13)11-4-5-11/h6-11H,4-5H2,1-3H3,(H,19,20,21). The molecule has 1 aliphatic rings. The minimum atomic E-state index is -0.565. The van der Waals surface area contributed by atoms with Crippen LogP contribution in [0.25, 0.3) is 0 Å². The van der Waals surface area contributed by atoms with Gasteiger partial charge in [0.25, 0.3) is 5.91 Å². The van der Waals surface area contributed by atoms with Crippen molar-refractivity contribution in [2.45, 2.75) is 45.1 Å². The first-order chi connectivity index (χ1) is 11.3. The number of ether oxygens (including phenoxy) is 1. The molecule has 1 saturated carbocycles. The fraction of sp³-hybridized carbons (Fsp3) is 0.389. The monoisotopic (exact) mass is 328 g/mol. The highest BCUT2D eigenvalue weighted by atomic mass is 16.6. The summed E-state index contributed by atoms with van der Waals surface area (Å²) in [6, 6.07) is 4.82. The van der Waals surface area contributed by atoms with Crippen LogP contribution in [-0.4, -0.2) is 22.5 Å². The van der Waals surface area contributed by atoms with Crippen molar-refractivity contribution in [3.8, 4) is 0 Å². The van der Waals surface area contributed by atoms with Gasteiger partial charge in [0.05, 0.1) is 17.4 Å². The average molecular weight is 328 g/mol. The van der Waals surface area contributed by atoms with E-state index in [-0.39, 0.29) is 5.91 Å². The molecular formula is C18H20N2O4. The summed E-state index contributed by atoms with van der Waals surface area (Å²) >= 11 is 0. The third-order valence-electron chi connectivity index (χ3n) is 3.53. The van der Waals surface area contributed by atoms with Crippen molar-refractivity contribution < 1.29 is 18.7 Å². The fourth-order valence-electron chi connectivity index (χ4n) is 2.28. The molecule has 126 valence electrons. The number of hydrogen-bond donors (Lipinski definition) is 1. The molecule has 0 aromatic carbocycles. The van der Waals surface area contributed by atoms with Crippen LogP contribution in [-0.2, 0) is 4.74 Å². The van der Waals surface area contributed by atoms with Gasteiger partial charge in [-0.05, 0) is 51.8 Å². The van der Waals surface area contributed by atoms with Gasteiger partial charge >= 0.3 is 5.97 Å². The lowest BCUT2D eigenvalue weighted by atomic mass is 10.1. The van der Waals surface area contributed by atoms with Crippen LogP contribution in [0.3, 0.4) is 0 Å². The molecule has 24 heavy (non-hydrogen) atoms. The Labute approximate surface area is 140 Å². The van der Waals surface area contributed by atoms with Crippen LogP contribution in [0, 0.1) is 0 Å². The van der Waals surface area contributed by atoms with Crippen LogP contribution in [0.2, 0.25) is 0 Å². The maximum absolute atomic E-state index is 12.3. The Kier molecular flexibility index (Phi) is 4.13. The number of furan rings is 1. The summed E-state index contributed by atoms with van der Waals surface area (Å²) in [5, 5.41) is 2.72. The van der Waals surface area contributed by atoms with E-state index >= 15 is 0 Å². The molecule has 1 N–H and O–H groups in total. The Balaban J connectivity index is 1.66. The van der Waals surface area contributed by atoms with Gasteiger partial charge in [0.1, 0.15) is 17.2 Å². The van der Waals surface area contributed by atoms with E-state index in [0.29, 0.717) is 22.9 Å². The van der Waals surface area contributed by atoms with Crippen LogP contribution in [0.15, 0.2) is 35.1 Å². The molecule has 1 amide bonds. The van der Waals surface area contributed by atoms with Crippen molar-refractivity contribution in [2.24, 2.45) is 0 Å². The normalized spacial score (nSPS) is 14.3. The van der Waals surface area contributed by atoms with Crippen LogP contribution in [0.1, 0.15) is 66.0 Å². The lowest BCUT2D eigenvalue weighted by molar-refractivity contribution is 0.00691. The van der Waals surface area contributed by atoms with Gasteiger partial charge in [-0.3, -0.25) is 4.79 Å². The first-order valence-electron chi connectivity index (χ1n) is 7.91. The maximum Gasteiger partial charge on any atom is 0.340 e. The number of carbonyl (C=O) groups is 2. The molecule has 2 aromatic heterocycles. The number of esters is 1. The highest BCUT2D eigenvalue weighted by Crippen LogP contribution is 2.42. The van der Waals surface area contributed by atoms with Gasteiger partial charge in [0.2, 0.25) is 0 Å². The second-order valence-electron chi connectivity index (χ2n) is 6.86. The van der Waals surface area contributed by atoms with E-state index in [1.165, 1.54) is 12.5 Å². The number of nitrogens with zero attached hydrogens (tertiary/aromatic N) is 1. The quantitative estimate of drug-likeness (QED) is 0.864. The minimum absolute atomic E-state index is 0.261. The molecule has 0 aliphatic heterocycles. The van der Waals surface area contributed by atoms with Gasteiger partial charge in [-0.2, -0.15) is 0 Å². The molecule has 1 fully saturated rings. The van der Waals surface area contributed by atoms with Crippen LogP contribution < -0.4 is 5.32 Å². The lowest BCUT2D eigenvalue weighted by Crippen LogP contribution is -2.24. The largest absolute Gasteiger partial charge is 0.468 e. The molecule has 6 nitrogen and oxygen atoms in total. The SMILES string of the molecule is CC(C)(C)OC(=O)c1ccc(NC(=O)c2ccoc2C2CC2)nc1. The number of rotatable bonds is 4. The van der Waals surface area contributed by atoms with Gasteiger partial charge < -0.3 is 14.5 Å². The van der Waals surface area contributed by atoms with E-state index in [9.17, 15) is 9.59 Å². The molecule has 6 heteroatoms. The van der Waals surface area contributed by atoms with E-state index in [1.54, 1.807) is 39.0 Å². The first kappa shape index (κ1) is 16.2. The Morgan fingerprint density at radius 3 is 2.58 bits per heavy atom. The van der Waals surface area contributed by atoms with Gasteiger partial charge in [0.15, 0.2) is 0 Å². The predicted octanol–water partition coefficient (Wildman–Crippen LogP) is 3.76. The molecule has 2 heterocycles. The summed E-state index contributed by atoms with van der Waals surface area (Å²) in [5.74, 6) is 0.748. The van der Waals surface area contributed by atoms with Crippen molar-refractivity contribution in [3.05, 3.63) is 47.5 Å².